The van der Waals surface area contributed by atoms with E-state index in [0.717, 1.165) is 70.6 Å². The molecule has 0 aliphatic carbocycles. The summed E-state index contributed by atoms with van der Waals surface area (Å²) in [6.45, 7) is 1.69. The zero-order chi connectivity index (χ0) is 59.7. The van der Waals surface area contributed by atoms with E-state index in [9.17, 15) is 61.0 Å². The Morgan fingerprint density at radius 2 is 0.805 bits per heavy atom. The van der Waals surface area contributed by atoms with E-state index in [-0.39, 0.29) is 18.9 Å². The third kappa shape index (κ3) is 29.0. The van der Waals surface area contributed by atoms with Crippen molar-refractivity contribution < 1.29 is 89.4 Å². The van der Waals surface area contributed by atoms with Gasteiger partial charge in [0.2, 0.25) is 5.91 Å². The van der Waals surface area contributed by atoms with Gasteiger partial charge in [0.25, 0.3) is 0 Å². The molecule has 3 heterocycles. The van der Waals surface area contributed by atoms with Crippen LogP contribution in [0.3, 0.4) is 0 Å². The van der Waals surface area contributed by atoms with E-state index in [1.807, 2.05) is 6.08 Å². The molecule has 3 aliphatic heterocycles. The molecule has 17 atom stereocenters. The lowest BCUT2D eigenvalue weighted by Crippen LogP contribution is -2.66. The molecule has 0 radical (unpaired) electrons. The lowest BCUT2D eigenvalue weighted by atomic mass is 9.96. The number of nitrogens with one attached hydrogen (secondary N) is 1. The number of carbonyl (C=O) groups is 1. The number of rotatable bonds is 47. The number of carbonyl (C=O) groups excluding carboxylic acids is 1. The monoisotopic (exact) mass is 1170 g/mol. The van der Waals surface area contributed by atoms with Crippen LogP contribution in [0.5, 0.6) is 0 Å². The molecule has 0 aromatic rings. The smallest absolute Gasteiger partial charge is 0.220 e. The highest BCUT2D eigenvalue weighted by Crippen LogP contribution is 2.33. The van der Waals surface area contributed by atoms with Crippen LogP contribution in [0.4, 0.5) is 0 Å². The molecule has 1 amide bonds. The zero-order valence-corrected chi connectivity index (χ0v) is 50.0. The summed E-state index contributed by atoms with van der Waals surface area (Å²) in [6.07, 6.45) is 25.2. The van der Waals surface area contributed by atoms with Crippen LogP contribution in [0.1, 0.15) is 213 Å². The quantitative estimate of drug-likeness (QED) is 0.0224. The van der Waals surface area contributed by atoms with Crippen LogP contribution in [0.2, 0.25) is 0 Å². The van der Waals surface area contributed by atoms with E-state index in [1.54, 1.807) is 6.08 Å². The Labute approximate surface area is 491 Å². The predicted molar refractivity (Wildman–Crippen MR) is 314 cm³/mol. The SMILES string of the molecule is CCCCCCC/C=C\C/C=C\C/C=C\CCCCCCCCCCCCC(=O)NC(COC1OC(CO)C(OC2OC(CO)C(OC3OC(CO)C(O)C(O)C3O)C(O)C2O)C(O)C1O)C(O)/C=C/CCCCCCCCCCCC. The summed E-state index contributed by atoms with van der Waals surface area (Å²) in [7, 11) is 0. The van der Waals surface area contributed by atoms with Crippen LogP contribution in [0.15, 0.2) is 48.6 Å². The van der Waals surface area contributed by atoms with Crippen LogP contribution in [-0.2, 0) is 33.2 Å². The molecule has 3 rings (SSSR count). The lowest BCUT2D eigenvalue weighted by Gasteiger charge is -2.48. The maximum Gasteiger partial charge on any atom is 0.220 e. The minimum Gasteiger partial charge on any atom is -0.394 e. The van der Waals surface area contributed by atoms with Gasteiger partial charge in [-0.05, 0) is 57.8 Å². The highest BCUT2D eigenvalue weighted by Gasteiger charge is 2.53. The number of unbranched alkanes of at least 4 members (excludes halogenated alkanes) is 25. The van der Waals surface area contributed by atoms with Crippen LogP contribution in [0, 0.1) is 0 Å². The summed E-state index contributed by atoms with van der Waals surface area (Å²) in [6, 6.07) is -0.975. The third-order valence-electron chi connectivity index (χ3n) is 15.9. The Morgan fingerprint density at radius 3 is 1.26 bits per heavy atom. The van der Waals surface area contributed by atoms with Gasteiger partial charge in [0, 0.05) is 6.42 Å². The Balaban J connectivity index is 1.44. The maximum atomic E-state index is 13.3. The van der Waals surface area contributed by atoms with Gasteiger partial charge in [0.1, 0.15) is 73.2 Å². The topological polar surface area (TPSA) is 307 Å². The molecule has 3 aliphatic rings. The van der Waals surface area contributed by atoms with E-state index < -0.39 is 124 Å². The first-order valence-corrected chi connectivity index (χ1v) is 31.9. The molecule has 0 saturated carbocycles. The summed E-state index contributed by atoms with van der Waals surface area (Å²) in [5, 5.41) is 120. The first-order chi connectivity index (χ1) is 39.8. The number of aliphatic hydroxyl groups excluding tert-OH is 11. The van der Waals surface area contributed by atoms with Crippen LogP contribution in [0.25, 0.3) is 0 Å². The van der Waals surface area contributed by atoms with Gasteiger partial charge in [-0.3, -0.25) is 4.79 Å². The second kappa shape index (κ2) is 46.0. The summed E-state index contributed by atoms with van der Waals surface area (Å²) in [4.78, 5) is 13.3. The molecule has 478 valence electrons. The van der Waals surface area contributed by atoms with Crippen molar-refractivity contribution >= 4 is 5.91 Å². The van der Waals surface area contributed by atoms with Gasteiger partial charge in [0.05, 0.1) is 38.6 Å². The van der Waals surface area contributed by atoms with Gasteiger partial charge in [0.15, 0.2) is 18.9 Å². The van der Waals surface area contributed by atoms with Crippen LogP contribution in [-0.4, -0.2) is 193 Å². The minimum absolute atomic E-state index is 0.237. The molecule has 0 bridgehead atoms. The predicted octanol–water partition coefficient (Wildman–Crippen LogP) is 6.65. The van der Waals surface area contributed by atoms with Crippen molar-refractivity contribution in [2.75, 3.05) is 26.4 Å². The summed E-state index contributed by atoms with van der Waals surface area (Å²) < 4.78 is 34.2. The van der Waals surface area contributed by atoms with Crippen molar-refractivity contribution in [3.63, 3.8) is 0 Å². The van der Waals surface area contributed by atoms with Crippen molar-refractivity contribution in [2.24, 2.45) is 0 Å². The molecule has 0 aromatic heterocycles. The van der Waals surface area contributed by atoms with E-state index in [1.165, 1.54) is 116 Å². The fraction of sp³-hybridized carbons (Fsp3) is 0.857. The van der Waals surface area contributed by atoms with E-state index in [4.69, 9.17) is 28.4 Å². The number of hydrogen-bond donors (Lipinski definition) is 12. The molecule has 19 heteroatoms. The molecular weight excluding hydrogens is 1060 g/mol. The highest BCUT2D eigenvalue weighted by atomic mass is 16.8. The van der Waals surface area contributed by atoms with Gasteiger partial charge in [-0.1, -0.05) is 197 Å². The molecular formula is C63H113NO18. The molecule has 17 unspecified atom stereocenters. The average Bonchev–Trinajstić information content (AvgIpc) is 3.59. The molecule has 0 aromatic carbocycles. The number of allylic oxidation sites excluding steroid dienone is 7. The van der Waals surface area contributed by atoms with E-state index >= 15 is 0 Å². The third-order valence-corrected chi connectivity index (χ3v) is 15.9. The van der Waals surface area contributed by atoms with E-state index in [2.05, 4.69) is 55.6 Å². The first kappa shape index (κ1) is 74.0. The largest absolute Gasteiger partial charge is 0.394 e. The highest BCUT2D eigenvalue weighted by molar-refractivity contribution is 5.76. The summed E-state index contributed by atoms with van der Waals surface area (Å²) >= 11 is 0. The number of hydrogen-bond acceptors (Lipinski definition) is 18. The van der Waals surface area contributed by atoms with Gasteiger partial charge >= 0.3 is 0 Å². The number of amides is 1. The van der Waals surface area contributed by atoms with Gasteiger partial charge < -0.3 is 89.9 Å². The fourth-order valence-corrected chi connectivity index (χ4v) is 10.6. The minimum atomic E-state index is -1.98. The summed E-state index contributed by atoms with van der Waals surface area (Å²) in [5.41, 5.74) is 0. The van der Waals surface area contributed by atoms with Crippen molar-refractivity contribution in [3.8, 4) is 0 Å². The second-order valence-corrected chi connectivity index (χ2v) is 22.9. The van der Waals surface area contributed by atoms with Crippen molar-refractivity contribution in [1.82, 2.24) is 5.32 Å². The number of ether oxygens (including phenoxy) is 6. The van der Waals surface area contributed by atoms with Gasteiger partial charge in [-0.25, -0.2) is 0 Å². The van der Waals surface area contributed by atoms with Gasteiger partial charge in [-0.15, -0.1) is 0 Å². The van der Waals surface area contributed by atoms with Crippen molar-refractivity contribution in [1.29, 1.82) is 0 Å². The average molecular weight is 1170 g/mol. The Bertz CT molecular complexity index is 1680. The van der Waals surface area contributed by atoms with Crippen LogP contribution < -0.4 is 5.32 Å². The Kier molecular flexibility index (Phi) is 41.5. The molecule has 19 nitrogen and oxygen atoms in total. The van der Waals surface area contributed by atoms with E-state index in [0.29, 0.717) is 6.42 Å². The fourth-order valence-electron chi connectivity index (χ4n) is 10.6. The maximum absolute atomic E-state index is 13.3. The molecule has 82 heavy (non-hydrogen) atoms. The Hall–Kier alpha value is -2.25. The standard InChI is InChI=1S/C63H113NO18/c1-3-5-7-9-11-13-15-17-18-19-20-21-22-23-24-25-26-27-28-29-31-33-35-37-39-41-51(69)64-46(47(68)40-38-36-34-32-30-16-14-12-10-8-6-4-2)45-77-61-57(75)54(72)59(49(43-66)79-61)82-63-58(76)55(73)60(50(44-67)80-63)81-62-56(74)53(71)52(70)48(42-65)78-62/h15,17,19-20,22-23,38,40,46-50,52-63,65-68,70-76H,3-14,16,18,21,24-37,39,41-45H2,1-2H3,(H,64,69)/b17-15-,20-19-,23-22-,40-38+. The Morgan fingerprint density at radius 1 is 0.439 bits per heavy atom. The normalized spacial score (nSPS) is 29.9. The zero-order valence-electron chi connectivity index (χ0n) is 50.0. The van der Waals surface area contributed by atoms with Crippen molar-refractivity contribution in [3.05, 3.63) is 48.6 Å². The lowest BCUT2D eigenvalue weighted by molar-refractivity contribution is -0.379. The first-order valence-electron chi connectivity index (χ1n) is 31.9. The summed E-state index contributed by atoms with van der Waals surface area (Å²) in [5.74, 6) is -0.282. The molecule has 3 fully saturated rings. The molecule has 12 N–H and O–H groups in total. The second-order valence-electron chi connectivity index (χ2n) is 22.9. The number of aliphatic hydroxyl groups is 11. The van der Waals surface area contributed by atoms with Crippen molar-refractivity contribution in [2.45, 2.75) is 317 Å². The molecule has 3 saturated heterocycles. The van der Waals surface area contributed by atoms with Gasteiger partial charge in [-0.2, -0.15) is 0 Å². The van der Waals surface area contributed by atoms with Crippen LogP contribution >= 0.6 is 0 Å². The molecule has 0 spiro atoms.